The van der Waals surface area contributed by atoms with E-state index in [9.17, 15) is 8.76 Å². The molecular weight excluding hydrogens is 142 g/mol. The van der Waals surface area contributed by atoms with Crippen molar-refractivity contribution in [1.29, 1.82) is 0 Å². The molecule has 0 aromatic heterocycles. The molecule has 6 heteroatoms. The van der Waals surface area contributed by atoms with E-state index in [1.165, 1.54) is 0 Å². The molecule has 0 aliphatic rings. The average Bonchev–Trinajstić information content (AvgIpc) is 1.35. The lowest BCUT2D eigenvalue weighted by molar-refractivity contribution is 0.535. The Morgan fingerprint density at radius 1 is 1.71 bits per heavy atom. The van der Waals surface area contributed by atoms with Gasteiger partial charge in [-0.1, -0.05) is 0 Å². The zero-order valence-electron chi connectivity index (χ0n) is 2.99. The number of nitrogens with zero attached hydrogens (tertiary/aromatic N) is 1. The largest absolute Gasteiger partial charge is 0.753 e. The van der Waals surface area contributed by atoms with Crippen LogP contribution in [0.5, 0.6) is 0 Å². The Morgan fingerprint density at radius 3 is 2.14 bits per heavy atom. The van der Waals surface area contributed by atoms with E-state index < -0.39 is 11.3 Å². The molecule has 0 heterocycles. The summed E-state index contributed by atoms with van der Waals surface area (Å²) in [4.78, 5) is 8.93. The van der Waals surface area contributed by atoms with Gasteiger partial charge in [0.1, 0.15) is 0 Å². The summed E-state index contributed by atoms with van der Waals surface area (Å²) in [7, 11) is 0. The molecule has 0 aromatic rings. The van der Waals surface area contributed by atoms with Crippen molar-refractivity contribution in [2.24, 2.45) is 4.40 Å². The Balaban J connectivity index is 0. The third-order valence-corrected chi connectivity index (χ3v) is 0.335. The molecule has 0 saturated carbocycles. The molecule has 0 rings (SSSR count). The lowest BCUT2D eigenvalue weighted by atomic mass is 11.7. The van der Waals surface area contributed by atoms with Gasteiger partial charge in [-0.05, 0) is 0 Å². The zero-order valence-corrected chi connectivity index (χ0v) is 4.62. The number of isocyanates is 1. The van der Waals surface area contributed by atoms with Gasteiger partial charge >= 0.3 is 0 Å². The fourth-order valence-electron chi connectivity index (χ4n) is 0.0304. The highest BCUT2D eigenvalue weighted by Crippen LogP contribution is 1.64. The van der Waals surface area contributed by atoms with Gasteiger partial charge in [0.05, 0.1) is 11.3 Å². The highest BCUT2D eigenvalue weighted by atomic mass is 35.5. The van der Waals surface area contributed by atoms with Crippen molar-refractivity contribution < 1.29 is 13.6 Å². The van der Waals surface area contributed by atoms with Crippen molar-refractivity contribution in [2.75, 3.05) is 0 Å². The SMILES string of the molecule is Cl.O=C=NS(=O)[O-]. The molecule has 1 atom stereocenters. The van der Waals surface area contributed by atoms with Crippen LogP contribution in [0.1, 0.15) is 0 Å². The number of hydrogen-bond donors (Lipinski definition) is 0. The van der Waals surface area contributed by atoms with Crippen LogP contribution in [-0.4, -0.2) is 14.8 Å². The molecule has 0 N–H and O–H groups in total. The van der Waals surface area contributed by atoms with Crippen LogP contribution in [0, 0.1) is 0 Å². The second-order valence-corrected chi connectivity index (χ2v) is 1.02. The van der Waals surface area contributed by atoms with Gasteiger partial charge in [-0.15, -0.1) is 16.8 Å². The average molecular weight is 143 g/mol. The van der Waals surface area contributed by atoms with Crippen LogP contribution in [0.15, 0.2) is 4.40 Å². The summed E-state index contributed by atoms with van der Waals surface area (Å²) in [6.07, 6.45) is 0.829. The van der Waals surface area contributed by atoms with E-state index in [1.54, 1.807) is 0 Å². The predicted octanol–water partition coefficient (Wildman–Crippen LogP) is -0.462. The molecule has 42 valence electrons. The van der Waals surface area contributed by atoms with Crippen molar-refractivity contribution in [3.8, 4) is 0 Å². The van der Waals surface area contributed by atoms with Gasteiger partial charge in [-0.2, -0.15) is 0 Å². The Kier molecular flexibility index (Phi) is 8.19. The van der Waals surface area contributed by atoms with Crippen molar-refractivity contribution in [3.05, 3.63) is 0 Å². The second-order valence-electron chi connectivity index (χ2n) is 0.400. The second kappa shape index (κ2) is 5.78. The van der Waals surface area contributed by atoms with Gasteiger partial charge in [0.25, 0.3) is 0 Å². The first-order valence-corrected chi connectivity index (χ1v) is 1.98. The van der Waals surface area contributed by atoms with E-state index >= 15 is 0 Å². The first kappa shape index (κ1) is 9.91. The predicted molar refractivity (Wildman–Crippen MR) is 24.3 cm³/mol. The first-order chi connectivity index (χ1) is 2.77. The number of rotatable bonds is 1. The highest BCUT2D eigenvalue weighted by molar-refractivity contribution is 7.77. The van der Waals surface area contributed by atoms with Gasteiger partial charge in [0.15, 0.2) is 0 Å². The summed E-state index contributed by atoms with van der Waals surface area (Å²) in [6.45, 7) is 0. The zero-order chi connectivity index (χ0) is 4.99. The topological polar surface area (TPSA) is 69.6 Å². The maximum absolute atomic E-state index is 9.17. The smallest absolute Gasteiger partial charge is 0.248 e. The first-order valence-electron chi connectivity index (χ1n) is 0.944. The van der Waals surface area contributed by atoms with Gasteiger partial charge < -0.3 is 4.55 Å². The van der Waals surface area contributed by atoms with Crippen molar-refractivity contribution >= 4 is 29.8 Å². The molecule has 0 radical (unpaired) electrons. The molecule has 0 aromatic carbocycles. The van der Waals surface area contributed by atoms with Crippen LogP contribution < -0.4 is 0 Å². The normalized spacial score (nSPS) is 10.4. The maximum atomic E-state index is 9.17. The Morgan fingerprint density at radius 2 is 2.14 bits per heavy atom. The summed E-state index contributed by atoms with van der Waals surface area (Å²) in [5, 5.41) is 0. The molecule has 4 nitrogen and oxygen atoms in total. The third kappa shape index (κ3) is 10.7. The van der Waals surface area contributed by atoms with E-state index in [4.69, 9.17) is 4.79 Å². The summed E-state index contributed by atoms with van der Waals surface area (Å²) in [5.41, 5.74) is 0. The van der Waals surface area contributed by atoms with Crippen LogP contribution in [0.4, 0.5) is 0 Å². The molecule has 1 unspecified atom stereocenters. The molecule has 0 fully saturated rings. The molecule has 0 amide bonds. The van der Waals surface area contributed by atoms with E-state index in [1.807, 2.05) is 0 Å². The fourth-order valence-corrected chi connectivity index (χ4v) is 0.0913. The molecule has 0 spiro atoms. The molecule has 0 saturated heterocycles. The summed E-state index contributed by atoms with van der Waals surface area (Å²) < 4.78 is 20.6. The van der Waals surface area contributed by atoms with Crippen molar-refractivity contribution in [1.82, 2.24) is 0 Å². The molecule has 0 bridgehead atoms. The minimum Gasteiger partial charge on any atom is -0.753 e. The molecule has 7 heavy (non-hydrogen) atoms. The standard InChI is InChI=1S/CHNO3S.ClH/c3-1-2-6(4)5;/h(H,4,5);1H/p-1. The Hall–Kier alpha value is -0.220. The third-order valence-electron chi connectivity index (χ3n) is 0.112. The number of hydrogen-bond acceptors (Lipinski definition) is 3. The summed E-state index contributed by atoms with van der Waals surface area (Å²) >= 11 is -2.61. The van der Waals surface area contributed by atoms with Gasteiger partial charge in [0, 0.05) is 0 Å². The number of halogens is 1. The Labute approximate surface area is 48.5 Å². The van der Waals surface area contributed by atoms with Gasteiger partial charge in [-0.3, -0.25) is 0 Å². The maximum Gasteiger partial charge on any atom is 0.248 e. The quantitative estimate of drug-likeness (QED) is 0.283. The van der Waals surface area contributed by atoms with E-state index in [-0.39, 0.29) is 12.4 Å². The van der Waals surface area contributed by atoms with Crippen LogP contribution in [0.2, 0.25) is 0 Å². The van der Waals surface area contributed by atoms with Crippen LogP contribution in [0.3, 0.4) is 0 Å². The van der Waals surface area contributed by atoms with Crippen molar-refractivity contribution in [3.63, 3.8) is 0 Å². The summed E-state index contributed by atoms with van der Waals surface area (Å²) in [6, 6.07) is 0. The van der Waals surface area contributed by atoms with Crippen LogP contribution >= 0.6 is 12.4 Å². The van der Waals surface area contributed by atoms with E-state index in [0.29, 0.717) is 0 Å². The summed E-state index contributed by atoms with van der Waals surface area (Å²) in [5.74, 6) is 0. The minimum atomic E-state index is -2.61. The van der Waals surface area contributed by atoms with Gasteiger partial charge in [0.2, 0.25) is 6.08 Å². The number of carbonyl (C=O) groups excluding carboxylic acids is 1. The Bertz CT molecular complexity index is 108. The lowest BCUT2D eigenvalue weighted by Gasteiger charge is -1.84. The fraction of sp³-hybridized carbons (Fsp3) is 0. The van der Waals surface area contributed by atoms with E-state index in [2.05, 4.69) is 4.40 Å². The molecular formula is CHClNO3S-. The van der Waals surface area contributed by atoms with Gasteiger partial charge in [-0.25, -0.2) is 9.00 Å². The monoisotopic (exact) mass is 142 g/mol. The highest BCUT2D eigenvalue weighted by Gasteiger charge is 1.59. The van der Waals surface area contributed by atoms with E-state index in [0.717, 1.165) is 6.08 Å². The van der Waals surface area contributed by atoms with Crippen LogP contribution in [-0.2, 0) is 16.1 Å². The van der Waals surface area contributed by atoms with Crippen LogP contribution in [0.25, 0.3) is 0 Å². The molecule has 0 aliphatic carbocycles. The lowest BCUT2D eigenvalue weighted by Crippen LogP contribution is -1.74. The minimum absolute atomic E-state index is 0. The molecule has 0 aliphatic heterocycles. The van der Waals surface area contributed by atoms with Crippen molar-refractivity contribution in [2.45, 2.75) is 0 Å².